The Balaban J connectivity index is 3.71. The Morgan fingerprint density at radius 1 is 1.29 bits per heavy atom. The molecular weight excluding hydrogens is 208 g/mol. The van der Waals surface area contributed by atoms with Crippen molar-refractivity contribution >= 4 is 10.4 Å². The Hall–Kier alpha value is -0.210. The molecule has 0 amide bonds. The first kappa shape index (κ1) is 13.8. The molecule has 0 heterocycles. The van der Waals surface area contributed by atoms with E-state index >= 15 is 0 Å². The molecule has 4 N–H and O–H groups in total. The summed E-state index contributed by atoms with van der Waals surface area (Å²) in [5.41, 5.74) is 10.9. The number of hydrogen-bond donors (Lipinski definition) is 2. The molecular formula is C7H18N2O4S. The lowest BCUT2D eigenvalue weighted by atomic mass is 10.1. The molecule has 14 heavy (non-hydrogen) atoms. The van der Waals surface area contributed by atoms with Crippen LogP contribution in [0.15, 0.2) is 0 Å². The third-order valence-corrected chi connectivity index (χ3v) is 2.48. The van der Waals surface area contributed by atoms with Crippen LogP contribution in [0.3, 0.4) is 0 Å². The fourth-order valence-corrected chi connectivity index (χ4v) is 1.36. The molecule has 2 atom stereocenters. The Bertz CT molecular complexity index is 240. The fourth-order valence-electron chi connectivity index (χ4n) is 0.880. The summed E-state index contributed by atoms with van der Waals surface area (Å²) in [7, 11) is -2.91. The Morgan fingerprint density at radius 3 is 2.29 bits per heavy atom. The van der Waals surface area contributed by atoms with Crippen molar-refractivity contribution in [2.45, 2.75) is 38.5 Å². The molecule has 2 unspecified atom stereocenters. The zero-order chi connectivity index (χ0) is 11.2. The van der Waals surface area contributed by atoms with E-state index in [1.807, 2.05) is 6.92 Å². The highest BCUT2D eigenvalue weighted by molar-refractivity contribution is 7.81. The van der Waals surface area contributed by atoms with Crippen LogP contribution in [0.4, 0.5) is 0 Å². The highest BCUT2D eigenvalue weighted by Crippen LogP contribution is 2.05. The topological polar surface area (TPSA) is 105 Å². The van der Waals surface area contributed by atoms with Gasteiger partial charge in [-0.05, 0) is 26.2 Å². The molecule has 0 spiro atoms. The Labute approximate surface area is 84.9 Å². The van der Waals surface area contributed by atoms with E-state index < -0.39 is 16.6 Å². The molecule has 0 aliphatic carbocycles. The van der Waals surface area contributed by atoms with E-state index in [0.717, 1.165) is 20.0 Å². The summed E-state index contributed by atoms with van der Waals surface area (Å²) in [4.78, 5) is 0. The minimum atomic E-state index is -3.93. The maximum atomic E-state index is 10.8. The molecule has 0 fully saturated rings. The molecule has 86 valence electrons. The second-order valence-electron chi connectivity index (χ2n) is 3.12. The molecule has 0 aromatic rings. The fraction of sp³-hybridized carbons (Fsp3) is 1.00. The van der Waals surface area contributed by atoms with Gasteiger partial charge in [0.1, 0.15) is 6.23 Å². The van der Waals surface area contributed by atoms with E-state index in [9.17, 15) is 8.42 Å². The maximum Gasteiger partial charge on any atom is 0.401 e. The summed E-state index contributed by atoms with van der Waals surface area (Å²) < 4.78 is 30.1. The molecule has 0 aliphatic heterocycles. The number of hydrogen-bond acceptors (Lipinski definition) is 6. The van der Waals surface area contributed by atoms with Crippen molar-refractivity contribution in [1.29, 1.82) is 0 Å². The maximum absolute atomic E-state index is 10.8. The van der Waals surface area contributed by atoms with Gasteiger partial charge >= 0.3 is 10.4 Å². The van der Waals surface area contributed by atoms with E-state index in [2.05, 4.69) is 8.37 Å². The quantitative estimate of drug-likeness (QED) is 0.577. The van der Waals surface area contributed by atoms with E-state index in [-0.39, 0.29) is 6.04 Å². The molecule has 6 nitrogen and oxygen atoms in total. The molecule has 0 bridgehead atoms. The molecule has 0 rings (SSSR count). The summed E-state index contributed by atoms with van der Waals surface area (Å²) in [5.74, 6) is 0. The minimum Gasteiger partial charge on any atom is -0.328 e. The first-order valence-electron chi connectivity index (χ1n) is 4.37. The van der Waals surface area contributed by atoms with Crippen LogP contribution in [-0.4, -0.2) is 27.8 Å². The van der Waals surface area contributed by atoms with Gasteiger partial charge in [-0.25, -0.2) is 4.18 Å². The van der Waals surface area contributed by atoms with Gasteiger partial charge in [0.25, 0.3) is 0 Å². The third kappa shape index (κ3) is 7.22. The van der Waals surface area contributed by atoms with Crippen LogP contribution in [0.1, 0.15) is 26.2 Å². The highest BCUT2D eigenvalue weighted by Gasteiger charge is 2.15. The van der Waals surface area contributed by atoms with Crippen LogP contribution in [-0.2, 0) is 18.8 Å². The van der Waals surface area contributed by atoms with E-state index in [4.69, 9.17) is 11.5 Å². The van der Waals surface area contributed by atoms with Crippen molar-refractivity contribution in [1.82, 2.24) is 0 Å². The summed E-state index contributed by atoms with van der Waals surface area (Å²) in [5, 5.41) is 0. The molecule has 0 aromatic heterocycles. The second kappa shape index (κ2) is 6.31. The SMILES string of the molecule is COS(=O)(=O)OC(N)CCCC(C)N. The van der Waals surface area contributed by atoms with E-state index in [1.54, 1.807) is 0 Å². The number of nitrogens with two attached hydrogens (primary N) is 2. The largest absolute Gasteiger partial charge is 0.401 e. The predicted molar refractivity (Wildman–Crippen MR) is 52.5 cm³/mol. The van der Waals surface area contributed by atoms with Crippen LogP contribution in [0.5, 0.6) is 0 Å². The second-order valence-corrected chi connectivity index (χ2v) is 4.46. The van der Waals surface area contributed by atoms with E-state index in [1.165, 1.54) is 0 Å². The minimum absolute atomic E-state index is 0.0845. The van der Waals surface area contributed by atoms with Crippen molar-refractivity contribution in [3.63, 3.8) is 0 Å². The highest BCUT2D eigenvalue weighted by atomic mass is 32.3. The van der Waals surface area contributed by atoms with Crippen LogP contribution < -0.4 is 11.5 Å². The van der Waals surface area contributed by atoms with Gasteiger partial charge in [0.2, 0.25) is 0 Å². The van der Waals surface area contributed by atoms with Gasteiger partial charge in [-0.2, -0.15) is 8.42 Å². The lowest BCUT2D eigenvalue weighted by Gasteiger charge is -2.11. The average Bonchev–Trinajstić information content (AvgIpc) is 2.02. The van der Waals surface area contributed by atoms with Crippen molar-refractivity contribution in [2.75, 3.05) is 7.11 Å². The Morgan fingerprint density at radius 2 is 1.86 bits per heavy atom. The van der Waals surface area contributed by atoms with Gasteiger partial charge in [-0.1, -0.05) is 0 Å². The monoisotopic (exact) mass is 226 g/mol. The summed E-state index contributed by atoms with van der Waals surface area (Å²) in [6, 6.07) is 0.0845. The van der Waals surface area contributed by atoms with Gasteiger partial charge < -0.3 is 11.5 Å². The van der Waals surface area contributed by atoms with Crippen LogP contribution in [0, 0.1) is 0 Å². The predicted octanol–water partition coefficient (Wildman–Crippen LogP) is -0.303. The number of rotatable bonds is 7. The first-order chi connectivity index (χ1) is 6.37. The standard InChI is InChI=1S/C7H18N2O4S/c1-6(8)4-3-5-7(9)13-14(10,11)12-2/h6-7H,3-5,8-9H2,1-2H3. The molecule has 0 saturated carbocycles. The zero-order valence-corrected chi connectivity index (χ0v) is 9.29. The molecule has 0 aliphatic rings. The lowest BCUT2D eigenvalue weighted by molar-refractivity contribution is 0.164. The van der Waals surface area contributed by atoms with Gasteiger partial charge in [-0.3, -0.25) is 4.18 Å². The smallest absolute Gasteiger partial charge is 0.328 e. The summed E-state index contributed by atoms with van der Waals surface area (Å²) >= 11 is 0. The zero-order valence-electron chi connectivity index (χ0n) is 8.47. The van der Waals surface area contributed by atoms with Crippen LogP contribution >= 0.6 is 0 Å². The van der Waals surface area contributed by atoms with E-state index in [0.29, 0.717) is 6.42 Å². The van der Waals surface area contributed by atoms with Crippen molar-refractivity contribution in [3.05, 3.63) is 0 Å². The van der Waals surface area contributed by atoms with Crippen molar-refractivity contribution < 1.29 is 16.8 Å². The van der Waals surface area contributed by atoms with Gasteiger partial charge in [0, 0.05) is 6.04 Å². The molecule has 0 radical (unpaired) electrons. The van der Waals surface area contributed by atoms with Crippen molar-refractivity contribution in [2.24, 2.45) is 11.5 Å². The van der Waals surface area contributed by atoms with Crippen molar-refractivity contribution in [3.8, 4) is 0 Å². The molecule has 0 aromatic carbocycles. The van der Waals surface area contributed by atoms with Gasteiger partial charge in [-0.15, -0.1) is 0 Å². The summed E-state index contributed by atoms with van der Waals surface area (Å²) in [6.45, 7) is 1.87. The van der Waals surface area contributed by atoms with Gasteiger partial charge in [0.15, 0.2) is 0 Å². The molecule has 0 saturated heterocycles. The van der Waals surface area contributed by atoms with Gasteiger partial charge in [0.05, 0.1) is 7.11 Å². The van der Waals surface area contributed by atoms with Crippen LogP contribution in [0.2, 0.25) is 0 Å². The first-order valence-corrected chi connectivity index (χ1v) is 5.70. The third-order valence-electron chi connectivity index (χ3n) is 1.59. The average molecular weight is 226 g/mol. The normalized spacial score (nSPS) is 16.6. The van der Waals surface area contributed by atoms with Crippen LogP contribution in [0.25, 0.3) is 0 Å². The lowest BCUT2D eigenvalue weighted by Crippen LogP contribution is -2.28. The molecule has 7 heteroatoms. The Kier molecular flexibility index (Phi) is 6.21. The summed E-state index contributed by atoms with van der Waals surface area (Å²) in [6.07, 6.45) is 1.07.